The van der Waals surface area contributed by atoms with Crippen LogP contribution in [0.15, 0.2) is 18.2 Å². The van der Waals surface area contributed by atoms with E-state index in [1.54, 1.807) is 18.1 Å². The second-order valence-corrected chi connectivity index (χ2v) is 4.32. The highest BCUT2D eigenvalue weighted by atomic mass is 16.5. The number of nitrogens with two attached hydrogens (primary N) is 1. The molecule has 2 N–H and O–H groups in total. The van der Waals surface area contributed by atoms with Crippen LogP contribution in [0.25, 0.3) is 0 Å². The Balaban J connectivity index is 2.84. The van der Waals surface area contributed by atoms with E-state index >= 15 is 0 Å². The van der Waals surface area contributed by atoms with E-state index in [9.17, 15) is 4.79 Å². The fourth-order valence-electron chi connectivity index (χ4n) is 2.01. The highest BCUT2D eigenvalue weighted by Crippen LogP contribution is 2.31. The van der Waals surface area contributed by atoms with Gasteiger partial charge in [-0.15, -0.1) is 0 Å². The second-order valence-electron chi connectivity index (χ2n) is 4.32. The summed E-state index contributed by atoms with van der Waals surface area (Å²) >= 11 is 0. The number of hydrogen-bond donors (Lipinski definition) is 1. The number of ether oxygens (including phenoxy) is 1. The average molecular weight is 265 g/mol. The van der Waals surface area contributed by atoms with Crippen molar-refractivity contribution in [3.8, 4) is 5.75 Å². The Morgan fingerprint density at radius 3 is 2.47 bits per heavy atom. The van der Waals surface area contributed by atoms with Crippen molar-refractivity contribution in [3.05, 3.63) is 18.2 Å². The Morgan fingerprint density at radius 1 is 1.32 bits per heavy atom. The first-order chi connectivity index (χ1) is 9.04. The SMILES string of the molecule is CCN(CC)C(=O)CN(C)c1cccc(OC)c1N. The monoisotopic (exact) mass is 265 g/mol. The Morgan fingerprint density at radius 2 is 1.95 bits per heavy atom. The van der Waals surface area contributed by atoms with Crippen molar-refractivity contribution in [2.45, 2.75) is 13.8 Å². The molecule has 106 valence electrons. The fourth-order valence-corrected chi connectivity index (χ4v) is 2.01. The van der Waals surface area contributed by atoms with Gasteiger partial charge in [0.1, 0.15) is 5.75 Å². The molecule has 0 aliphatic rings. The maximum absolute atomic E-state index is 12.1. The smallest absolute Gasteiger partial charge is 0.242 e. The van der Waals surface area contributed by atoms with Gasteiger partial charge in [-0.05, 0) is 26.0 Å². The van der Waals surface area contributed by atoms with E-state index in [0.29, 0.717) is 18.0 Å². The van der Waals surface area contributed by atoms with Crippen LogP contribution < -0.4 is 15.4 Å². The fraction of sp³-hybridized carbons (Fsp3) is 0.500. The van der Waals surface area contributed by atoms with E-state index in [0.717, 1.165) is 18.8 Å². The largest absolute Gasteiger partial charge is 0.495 e. The molecule has 1 rings (SSSR count). The summed E-state index contributed by atoms with van der Waals surface area (Å²) in [6.07, 6.45) is 0. The van der Waals surface area contributed by atoms with Gasteiger partial charge in [0.05, 0.1) is 25.0 Å². The molecule has 0 aliphatic carbocycles. The lowest BCUT2D eigenvalue weighted by molar-refractivity contribution is -0.129. The Labute approximate surface area is 114 Å². The van der Waals surface area contributed by atoms with Crippen LogP contribution in [0.5, 0.6) is 5.75 Å². The van der Waals surface area contributed by atoms with Gasteiger partial charge in [-0.2, -0.15) is 0 Å². The van der Waals surface area contributed by atoms with Gasteiger partial charge in [-0.25, -0.2) is 0 Å². The number of amides is 1. The minimum atomic E-state index is 0.0923. The third-order valence-electron chi connectivity index (χ3n) is 3.16. The zero-order valence-electron chi connectivity index (χ0n) is 12.1. The van der Waals surface area contributed by atoms with Crippen molar-refractivity contribution in [1.82, 2.24) is 4.90 Å². The van der Waals surface area contributed by atoms with Crippen LogP contribution in [0.3, 0.4) is 0 Å². The lowest BCUT2D eigenvalue weighted by atomic mass is 10.2. The molecule has 0 atom stereocenters. The topological polar surface area (TPSA) is 58.8 Å². The van der Waals surface area contributed by atoms with Crippen LogP contribution in [-0.2, 0) is 4.79 Å². The number of rotatable bonds is 6. The number of anilines is 2. The van der Waals surface area contributed by atoms with E-state index in [2.05, 4.69) is 0 Å². The van der Waals surface area contributed by atoms with Gasteiger partial charge >= 0.3 is 0 Å². The molecule has 1 amide bonds. The molecule has 5 nitrogen and oxygen atoms in total. The molecule has 1 aromatic carbocycles. The number of para-hydroxylation sites is 1. The van der Waals surface area contributed by atoms with E-state index in [4.69, 9.17) is 10.5 Å². The van der Waals surface area contributed by atoms with E-state index in [1.807, 2.05) is 37.9 Å². The zero-order valence-corrected chi connectivity index (χ0v) is 12.1. The Bertz CT molecular complexity index is 431. The second kappa shape index (κ2) is 6.87. The molecule has 0 aromatic heterocycles. The first-order valence-electron chi connectivity index (χ1n) is 6.46. The van der Waals surface area contributed by atoms with E-state index in [-0.39, 0.29) is 5.91 Å². The molecule has 0 aliphatic heterocycles. The molecule has 0 spiro atoms. The summed E-state index contributed by atoms with van der Waals surface area (Å²) in [4.78, 5) is 15.7. The van der Waals surface area contributed by atoms with Crippen molar-refractivity contribution in [2.24, 2.45) is 0 Å². The van der Waals surface area contributed by atoms with Crippen molar-refractivity contribution in [3.63, 3.8) is 0 Å². The Hall–Kier alpha value is -1.91. The van der Waals surface area contributed by atoms with Gasteiger partial charge in [-0.1, -0.05) is 6.07 Å². The quantitative estimate of drug-likeness (QED) is 0.793. The number of carbonyl (C=O) groups is 1. The van der Waals surface area contributed by atoms with Gasteiger partial charge in [0.15, 0.2) is 0 Å². The molecule has 19 heavy (non-hydrogen) atoms. The van der Waals surface area contributed by atoms with Gasteiger partial charge in [-0.3, -0.25) is 4.79 Å². The van der Waals surface area contributed by atoms with Crippen LogP contribution in [0.1, 0.15) is 13.8 Å². The summed E-state index contributed by atoms with van der Waals surface area (Å²) < 4.78 is 5.18. The van der Waals surface area contributed by atoms with Crippen LogP contribution in [-0.4, -0.2) is 44.6 Å². The molecule has 0 fully saturated rings. The Kier molecular flexibility index (Phi) is 5.48. The standard InChI is InChI=1S/C14H23N3O2/c1-5-17(6-2)13(18)10-16(3)11-8-7-9-12(19-4)14(11)15/h7-9H,5-6,10,15H2,1-4H3. The zero-order chi connectivity index (χ0) is 14.4. The lowest BCUT2D eigenvalue weighted by Gasteiger charge is -2.25. The molecule has 5 heteroatoms. The predicted octanol–water partition coefficient (Wildman–Crippen LogP) is 1.58. The molecule has 0 unspecified atom stereocenters. The number of nitrogens with zero attached hydrogens (tertiary/aromatic N) is 2. The first-order valence-corrected chi connectivity index (χ1v) is 6.46. The third kappa shape index (κ3) is 3.53. The van der Waals surface area contributed by atoms with Crippen LogP contribution >= 0.6 is 0 Å². The molecule has 1 aromatic rings. The molecule has 0 saturated heterocycles. The van der Waals surface area contributed by atoms with Crippen LogP contribution in [0.4, 0.5) is 11.4 Å². The predicted molar refractivity (Wildman–Crippen MR) is 78.6 cm³/mol. The highest BCUT2D eigenvalue weighted by molar-refractivity contribution is 5.84. The minimum Gasteiger partial charge on any atom is -0.495 e. The number of carbonyl (C=O) groups excluding carboxylic acids is 1. The summed E-state index contributed by atoms with van der Waals surface area (Å²) in [6.45, 7) is 5.69. The molecular weight excluding hydrogens is 242 g/mol. The van der Waals surface area contributed by atoms with Crippen molar-refractivity contribution in [1.29, 1.82) is 0 Å². The minimum absolute atomic E-state index is 0.0923. The van der Waals surface area contributed by atoms with Crippen LogP contribution in [0.2, 0.25) is 0 Å². The third-order valence-corrected chi connectivity index (χ3v) is 3.16. The molecule has 0 saturated carbocycles. The summed E-state index contributed by atoms with van der Waals surface area (Å²) in [6, 6.07) is 5.55. The maximum Gasteiger partial charge on any atom is 0.242 e. The summed E-state index contributed by atoms with van der Waals surface area (Å²) in [7, 11) is 3.43. The van der Waals surface area contributed by atoms with Gasteiger partial charge in [0, 0.05) is 20.1 Å². The number of benzene rings is 1. The van der Waals surface area contributed by atoms with E-state index < -0.39 is 0 Å². The van der Waals surface area contributed by atoms with E-state index in [1.165, 1.54) is 0 Å². The number of likely N-dealkylation sites (N-methyl/N-ethyl adjacent to an activating group) is 2. The summed E-state index contributed by atoms with van der Waals surface area (Å²) in [5.41, 5.74) is 7.38. The molecular formula is C14H23N3O2. The van der Waals surface area contributed by atoms with Gasteiger partial charge in [0.2, 0.25) is 5.91 Å². The number of hydrogen-bond acceptors (Lipinski definition) is 4. The molecule has 0 radical (unpaired) electrons. The van der Waals surface area contributed by atoms with Gasteiger partial charge in [0.25, 0.3) is 0 Å². The van der Waals surface area contributed by atoms with Gasteiger partial charge < -0.3 is 20.3 Å². The average Bonchev–Trinajstić information content (AvgIpc) is 2.40. The van der Waals surface area contributed by atoms with Crippen LogP contribution in [0, 0.1) is 0 Å². The maximum atomic E-state index is 12.1. The number of nitrogen functional groups attached to an aromatic ring is 1. The highest BCUT2D eigenvalue weighted by Gasteiger charge is 2.15. The normalized spacial score (nSPS) is 10.1. The molecule has 0 heterocycles. The van der Waals surface area contributed by atoms with Crippen molar-refractivity contribution < 1.29 is 9.53 Å². The van der Waals surface area contributed by atoms with Crippen molar-refractivity contribution in [2.75, 3.05) is 44.4 Å². The summed E-state index contributed by atoms with van der Waals surface area (Å²) in [5.74, 6) is 0.717. The number of methoxy groups -OCH3 is 1. The summed E-state index contributed by atoms with van der Waals surface area (Å²) in [5, 5.41) is 0. The first kappa shape index (κ1) is 15.1. The van der Waals surface area contributed by atoms with Crippen molar-refractivity contribution >= 4 is 17.3 Å². The lowest BCUT2D eigenvalue weighted by Crippen LogP contribution is -2.39. The molecule has 0 bridgehead atoms.